The van der Waals surface area contributed by atoms with Crippen molar-refractivity contribution in [1.29, 1.82) is 5.26 Å². The fourth-order valence-corrected chi connectivity index (χ4v) is 4.09. The normalized spacial score (nSPS) is 16.0. The molecule has 0 unspecified atom stereocenters. The van der Waals surface area contributed by atoms with Gasteiger partial charge in [0, 0.05) is 6.61 Å². The van der Waals surface area contributed by atoms with Gasteiger partial charge in [0.25, 0.3) is 5.91 Å². The molecule has 0 spiro atoms. The minimum atomic E-state index is -0.168. The fourth-order valence-electron chi connectivity index (χ4n) is 3.10. The fraction of sp³-hybridized carbons (Fsp3) is 0.286. The Hall–Kier alpha value is -2.95. The van der Waals surface area contributed by atoms with E-state index in [-0.39, 0.29) is 18.6 Å². The number of aromatic nitrogens is 1. The molecule has 1 aliphatic rings. The monoisotopic (exact) mass is 393 g/mol. The SMILES string of the molecule is N#Cc1ccc(OCC(=O)N(C[C@H]2CCCO2)c2nc3ccccc3s2)cc1. The second kappa shape index (κ2) is 8.38. The number of para-hydroxylation sites is 1. The van der Waals surface area contributed by atoms with Crippen LogP contribution >= 0.6 is 11.3 Å². The van der Waals surface area contributed by atoms with Gasteiger partial charge in [0.15, 0.2) is 11.7 Å². The van der Waals surface area contributed by atoms with Crippen LogP contribution in [0, 0.1) is 11.3 Å². The van der Waals surface area contributed by atoms with Gasteiger partial charge in [-0.05, 0) is 49.2 Å². The molecule has 1 fully saturated rings. The molecule has 3 aromatic rings. The van der Waals surface area contributed by atoms with Crippen LogP contribution < -0.4 is 9.64 Å². The van der Waals surface area contributed by atoms with E-state index >= 15 is 0 Å². The predicted octanol–water partition coefficient (Wildman–Crippen LogP) is 3.76. The van der Waals surface area contributed by atoms with Gasteiger partial charge >= 0.3 is 0 Å². The number of fused-ring (bicyclic) bond motifs is 1. The summed E-state index contributed by atoms with van der Waals surface area (Å²) in [6.45, 7) is 1.10. The van der Waals surface area contributed by atoms with Gasteiger partial charge in [-0.25, -0.2) is 4.98 Å². The quantitative estimate of drug-likeness (QED) is 0.637. The number of rotatable bonds is 6. The molecule has 142 valence electrons. The molecule has 2 aromatic carbocycles. The molecule has 28 heavy (non-hydrogen) atoms. The van der Waals surface area contributed by atoms with Gasteiger partial charge in [0.2, 0.25) is 0 Å². The number of anilines is 1. The Kier molecular flexibility index (Phi) is 5.51. The standard InChI is InChI=1S/C21H19N3O3S/c22-12-15-7-9-16(10-8-15)27-14-20(25)24(13-17-4-3-11-26-17)21-23-18-5-1-2-6-19(18)28-21/h1-2,5-10,17H,3-4,11,13-14H2/t17-/m1/s1. The first kappa shape index (κ1) is 18.4. The van der Waals surface area contributed by atoms with Gasteiger partial charge in [-0.3, -0.25) is 9.69 Å². The number of nitrogens with zero attached hydrogens (tertiary/aromatic N) is 3. The minimum Gasteiger partial charge on any atom is -0.484 e. The van der Waals surface area contributed by atoms with Crippen LogP contribution in [0.25, 0.3) is 10.2 Å². The lowest BCUT2D eigenvalue weighted by molar-refractivity contribution is -0.120. The molecule has 0 aliphatic carbocycles. The van der Waals surface area contributed by atoms with Gasteiger partial charge in [-0.15, -0.1) is 0 Å². The Labute approximate surface area is 166 Å². The largest absolute Gasteiger partial charge is 0.484 e. The van der Waals surface area contributed by atoms with E-state index in [4.69, 9.17) is 14.7 Å². The minimum absolute atomic E-state index is 0.0193. The van der Waals surface area contributed by atoms with E-state index in [1.807, 2.05) is 24.3 Å². The van der Waals surface area contributed by atoms with Crippen molar-refractivity contribution in [3.05, 3.63) is 54.1 Å². The predicted molar refractivity (Wildman–Crippen MR) is 108 cm³/mol. The van der Waals surface area contributed by atoms with Crippen LogP contribution in [-0.2, 0) is 9.53 Å². The van der Waals surface area contributed by atoms with Crippen molar-refractivity contribution in [1.82, 2.24) is 4.98 Å². The summed E-state index contributed by atoms with van der Waals surface area (Å²) in [6.07, 6.45) is 1.96. The molecule has 1 atom stereocenters. The van der Waals surface area contributed by atoms with E-state index in [1.54, 1.807) is 29.2 Å². The molecule has 0 radical (unpaired) electrons. The van der Waals surface area contributed by atoms with Crippen molar-refractivity contribution in [3.8, 4) is 11.8 Å². The molecular weight excluding hydrogens is 374 g/mol. The van der Waals surface area contributed by atoms with Crippen LogP contribution in [0.4, 0.5) is 5.13 Å². The first-order valence-electron chi connectivity index (χ1n) is 9.13. The Bertz CT molecular complexity index is 971. The number of amides is 1. The maximum absolute atomic E-state index is 13.0. The summed E-state index contributed by atoms with van der Waals surface area (Å²) < 4.78 is 12.4. The van der Waals surface area contributed by atoms with Gasteiger partial charge in [-0.1, -0.05) is 23.5 Å². The number of hydrogen-bond donors (Lipinski definition) is 0. The maximum Gasteiger partial charge on any atom is 0.266 e. The highest BCUT2D eigenvalue weighted by molar-refractivity contribution is 7.22. The average Bonchev–Trinajstić information content (AvgIpc) is 3.40. The average molecular weight is 393 g/mol. The van der Waals surface area contributed by atoms with Crippen LogP contribution in [0.5, 0.6) is 5.75 Å². The van der Waals surface area contributed by atoms with Crippen LogP contribution in [0.15, 0.2) is 48.5 Å². The third-order valence-corrected chi connectivity index (χ3v) is 5.63. The Morgan fingerprint density at radius 1 is 1.29 bits per heavy atom. The zero-order chi connectivity index (χ0) is 19.3. The lowest BCUT2D eigenvalue weighted by atomic mass is 10.2. The molecule has 1 amide bonds. The number of carbonyl (C=O) groups excluding carboxylic acids is 1. The number of hydrogen-bond acceptors (Lipinski definition) is 6. The highest BCUT2D eigenvalue weighted by atomic mass is 32.1. The summed E-state index contributed by atoms with van der Waals surface area (Å²) in [5.74, 6) is 0.382. The van der Waals surface area contributed by atoms with Crippen molar-refractivity contribution in [2.24, 2.45) is 0 Å². The number of carbonyl (C=O) groups is 1. The van der Waals surface area contributed by atoms with E-state index in [1.165, 1.54) is 11.3 Å². The summed E-state index contributed by atoms with van der Waals surface area (Å²) in [6, 6.07) is 16.6. The van der Waals surface area contributed by atoms with Crippen molar-refractivity contribution in [2.45, 2.75) is 18.9 Å². The van der Waals surface area contributed by atoms with E-state index in [0.717, 1.165) is 29.7 Å². The summed E-state index contributed by atoms with van der Waals surface area (Å²) >= 11 is 1.49. The molecule has 1 saturated heterocycles. The molecule has 4 rings (SSSR count). The van der Waals surface area contributed by atoms with Crippen molar-refractivity contribution < 1.29 is 14.3 Å². The number of ether oxygens (including phenoxy) is 2. The van der Waals surface area contributed by atoms with Crippen LogP contribution in [0.1, 0.15) is 18.4 Å². The molecule has 1 aliphatic heterocycles. The number of nitriles is 1. The smallest absolute Gasteiger partial charge is 0.266 e. The molecule has 7 heteroatoms. The van der Waals surface area contributed by atoms with Crippen molar-refractivity contribution in [2.75, 3.05) is 24.7 Å². The Balaban J connectivity index is 1.51. The summed E-state index contributed by atoms with van der Waals surface area (Å²) in [7, 11) is 0. The van der Waals surface area contributed by atoms with Crippen LogP contribution in [-0.4, -0.2) is 36.8 Å². The molecular formula is C21H19N3O3S. The van der Waals surface area contributed by atoms with E-state index in [2.05, 4.69) is 11.1 Å². The van der Waals surface area contributed by atoms with Gasteiger partial charge in [0.1, 0.15) is 5.75 Å². The molecule has 0 bridgehead atoms. The number of benzene rings is 2. The second-order valence-corrected chi connectivity index (χ2v) is 7.54. The molecule has 1 aromatic heterocycles. The first-order valence-corrected chi connectivity index (χ1v) is 9.95. The molecule has 6 nitrogen and oxygen atoms in total. The lowest BCUT2D eigenvalue weighted by Gasteiger charge is -2.23. The van der Waals surface area contributed by atoms with Crippen molar-refractivity contribution in [3.63, 3.8) is 0 Å². The van der Waals surface area contributed by atoms with Crippen LogP contribution in [0.3, 0.4) is 0 Å². The third kappa shape index (κ3) is 4.14. The molecule has 0 N–H and O–H groups in total. The van der Waals surface area contributed by atoms with Crippen molar-refractivity contribution >= 4 is 32.6 Å². The third-order valence-electron chi connectivity index (χ3n) is 4.57. The topological polar surface area (TPSA) is 75.5 Å². The summed E-state index contributed by atoms with van der Waals surface area (Å²) in [4.78, 5) is 19.3. The van der Waals surface area contributed by atoms with Gasteiger partial charge in [-0.2, -0.15) is 5.26 Å². The maximum atomic E-state index is 13.0. The molecule has 2 heterocycles. The Morgan fingerprint density at radius 3 is 2.82 bits per heavy atom. The van der Waals surface area contributed by atoms with Crippen LogP contribution in [0.2, 0.25) is 0 Å². The lowest BCUT2D eigenvalue weighted by Crippen LogP contribution is -2.40. The zero-order valence-electron chi connectivity index (χ0n) is 15.2. The van der Waals surface area contributed by atoms with E-state index in [9.17, 15) is 4.79 Å². The number of thiazole rings is 1. The first-order chi connectivity index (χ1) is 13.7. The highest BCUT2D eigenvalue weighted by Crippen LogP contribution is 2.30. The second-order valence-electron chi connectivity index (χ2n) is 6.53. The highest BCUT2D eigenvalue weighted by Gasteiger charge is 2.26. The summed E-state index contributed by atoms with van der Waals surface area (Å²) in [5, 5.41) is 9.53. The summed E-state index contributed by atoms with van der Waals surface area (Å²) in [5.41, 5.74) is 1.42. The molecule has 0 saturated carbocycles. The van der Waals surface area contributed by atoms with E-state index in [0.29, 0.717) is 23.0 Å². The van der Waals surface area contributed by atoms with E-state index < -0.39 is 0 Å². The Morgan fingerprint density at radius 2 is 2.11 bits per heavy atom. The van der Waals surface area contributed by atoms with Gasteiger partial charge < -0.3 is 9.47 Å². The zero-order valence-corrected chi connectivity index (χ0v) is 16.0. The van der Waals surface area contributed by atoms with Gasteiger partial charge in [0.05, 0.1) is 34.5 Å².